The average molecular weight is 1930 g/mol. The molecule has 12 aromatic heterocycles. The number of rotatable bonds is 23. The fourth-order valence-electron chi connectivity index (χ4n) is 20.5. The number of aromatic amines is 8. The third kappa shape index (κ3) is 18.3. The van der Waals surface area contributed by atoms with Crippen molar-refractivity contribution in [3.8, 4) is 89.5 Å². The highest BCUT2D eigenvalue weighted by Gasteiger charge is 2.33. The summed E-state index contributed by atoms with van der Waals surface area (Å²) in [6.45, 7) is 26.5. The van der Waals surface area contributed by atoms with Gasteiger partial charge in [0, 0.05) is 241 Å². The summed E-state index contributed by atoms with van der Waals surface area (Å²) in [5.74, 6) is -0.486. The maximum absolute atomic E-state index is 14.6. The first kappa shape index (κ1) is 93.7. The molecule has 2 aliphatic rings. The first-order valence-corrected chi connectivity index (χ1v) is 50.1. The van der Waals surface area contributed by atoms with Gasteiger partial charge in [0.25, 0.3) is 5.91 Å². The van der Waals surface area contributed by atoms with Crippen molar-refractivity contribution in [3.05, 3.63) is 325 Å². The number of aryl methyl sites for hydroxylation is 5. The second-order valence-electron chi connectivity index (χ2n) is 36.5. The van der Waals surface area contributed by atoms with E-state index in [9.17, 15) is 44.7 Å². The standard InChI is InChI=1S/C30H27FN4OS.C29H25FN4OS.C26H26FN3O2S.C25H25FN4O2S/c1-16(2)27-28(17(3)35-29(27)24-13-20(31)14-25-21(24)7-8-32-25)22-6-4-5-18-11-19(12-23(18)22)30(36)34-15-26-33-9-10-37-26;1-15(2)25-26(16(3)33-27(25)23-13-19(30)14-24-20(23)7-8-31-24)21-6-4-5-17-11-18(12-22(17)21)28(35)34-29-32-9-10-36-29;1-15(2)24-25(20-5-4-6-23-19(20)8-10-30(23)11-12-33(31)32)16(3)29-26(24)21-13-17(27)14-22-18(21)7-9-28-22;1-14(2)23-24(19-5-4-6-22-18(19)8-10-30(22)13-28-33(31)32)15(3)29-25(23)20-11-16(26)12-21-17(20)7-9-27-21/h4-10,12-14,16,32,35H,11,15H2,1-3H3,(H,34,36);4-10,12-15,31,33H,11H2,1-3H3,(H,32,34,35);4-10,13-15,28-29H,11-12H2,1-3H3,(H,31,32);4-12,14,27-29H,13H2,1-3H3,(H,31,32)/p-2. The molecule has 8 aromatic carbocycles. The van der Waals surface area contributed by atoms with Crippen LogP contribution in [-0.4, -0.2) is 94.1 Å². The molecule has 0 saturated carbocycles. The number of benzene rings is 8. The summed E-state index contributed by atoms with van der Waals surface area (Å²) in [5, 5.41) is 17.1. The minimum absolute atomic E-state index is 0.0671. The first-order valence-electron chi connectivity index (χ1n) is 46.1. The van der Waals surface area contributed by atoms with Crippen molar-refractivity contribution in [1.29, 1.82) is 0 Å². The molecule has 0 bridgehead atoms. The van der Waals surface area contributed by atoms with Crippen LogP contribution in [0.25, 0.3) is 167 Å². The van der Waals surface area contributed by atoms with E-state index >= 15 is 0 Å². The van der Waals surface area contributed by atoms with E-state index < -0.39 is 22.3 Å². The van der Waals surface area contributed by atoms with Gasteiger partial charge in [0.1, 0.15) is 28.3 Å². The summed E-state index contributed by atoms with van der Waals surface area (Å²) in [6, 6.07) is 49.1. The molecule has 22 rings (SSSR count). The zero-order valence-electron chi connectivity index (χ0n) is 78.4. The number of carbonyl (C=O) groups excluding carboxylic acids is 2. The lowest BCUT2D eigenvalue weighted by Gasteiger charge is -2.15. The largest absolute Gasteiger partial charge is 0.772 e. The Morgan fingerprint density at radius 3 is 1.18 bits per heavy atom. The van der Waals surface area contributed by atoms with Crippen molar-refractivity contribution in [1.82, 2.24) is 69.0 Å². The highest BCUT2D eigenvalue weighted by Crippen LogP contribution is 2.51. The Balaban J connectivity index is 0.000000118. The maximum Gasteiger partial charge on any atom is 0.253 e. The Bertz CT molecular complexity index is 8030. The third-order valence-electron chi connectivity index (χ3n) is 26.3. The Labute approximate surface area is 812 Å². The average Bonchev–Trinajstić information content (AvgIpc) is 1.60. The van der Waals surface area contributed by atoms with Crippen LogP contribution in [0.1, 0.15) is 151 Å². The van der Waals surface area contributed by atoms with Crippen LogP contribution in [0.5, 0.6) is 0 Å². The van der Waals surface area contributed by atoms with Gasteiger partial charge in [0.15, 0.2) is 5.13 Å². The number of hydrogen-bond acceptors (Lipinski definition) is 10. The van der Waals surface area contributed by atoms with E-state index in [0.717, 1.165) is 233 Å². The summed E-state index contributed by atoms with van der Waals surface area (Å²) in [6.07, 6.45) is 19.8. The van der Waals surface area contributed by atoms with Crippen LogP contribution in [0.3, 0.4) is 0 Å². The molecule has 0 radical (unpaired) electrons. The topological polar surface area (TPSA) is 312 Å². The number of carbonyl (C=O) groups is 2. The van der Waals surface area contributed by atoms with Crippen LogP contribution in [0.4, 0.5) is 22.7 Å². The Kier molecular flexibility index (Phi) is 26.2. The van der Waals surface area contributed by atoms with Gasteiger partial charge < -0.3 is 63.4 Å². The van der Waals surface area contributed by atoms with Crippen LogP contribution >= 0.6 is 22.7 Å². The molecule has 2 unspecified atom stereocenters. The minimum Gasteiger partial charge on any atom is -0.772 e. The van der Waals surface area contributed by atoms with E-state index in [1.165, 1.54) is 46.9 Å². The number of amides is 2. The molecule has 2 atom stereocenters. The predicted molar refractivity (Wildman–Crippen MR) is 554 cm³/mol. The lowest BCUT2D eigenvalue weighted by Crippen LogP contribution is -2.24. The molecule has 0 spiro atoms. The normalized spacial score (nSPS) is 12.9. The summed E-state index contributed by atoms with van der Waals surface area (Å²) in [4.78, 5) is 61.1. The number of nitrogens with zero attached hydrogens (tertiary/aromatic N) is 4. The Hall–Kier alpha value is -14.3. The second kappa shape index (κ2) is 38.9. The third-order valence-corrected chi connectivity index (χ3v) is 28.6. The number of nitrogens with one attached hydrogen (secondary N) is 11. The Morgan fingerprint density at radius 1 is 0.439 bits per heavy atom. The van der Waals surface area contributed by atoms with Crippen LogP contribution in [0.2, 0.25) is 0 Å². The molecule has 706 valence electrons. The van der Waals surface area contributed by atoms with Crippen molar-refractivity contribution in [3.63, 3.8) is 0 Å². The minimum atomic E-state index is -2.34. The molecule has 2 amide bonds. The molecule has 12 heterocycles. The Morgan fingerprint density at radius 2 is 0.806 bits per heavy atom. The van der Waals surface area contributed by atoms with Gasteiger partial charge in [-0.1, -0.05) is 127 Å². The van der Waals surface area contributed by atoms with E-state index in [1.54, 1.807) is 36.7 Å². The van der Waals surface area contributed by atoms with E-state index in [1.807, 2.05) is 143 Å². The van der Waals surface area contributed by atoms with E-state index in [0.29, 0.717) is 36.6 Å². The first-order chi connectivity index (χ1) is 67.0. The predicted octanol–water partition coefficient (Wildman–Crippen LogP) is 26.5. The molecule has 29 heteroatoms. The monoisotopic (exact) mass is 1930 g/mol. The number of thiazole rings is 2. The highest BCUT2D eigenvalue weighted by atomic mass is 32.2. The summed E-state index contributed by atoms with van der Waals surface area (Å²) in [7, 11) is 0. The lowest BCUT2D eigenvalue weighted by atomic mass is 9.88. The molecule has 0 saturated heterocycles. The fraction of sp³-hybridized carbons (Fsp3) is 0.200. The molecular formula is C110H101F4N15O6S4-2. The van der Waals surface area contributed by atoms with Crippen molar-refractivity contribution in [2.45, 2.75) is 139 Å². The number of aromatic nitrogens is 12. The zero-order chi connectivity index (χ0) is 97.2. The quantitative estimate of drug-likeness (QED) is 0.0216. The molecule has 0 fully saturated rings. The van der Waals surface area contributed by atoms with Gasteiger partial charge in [0.2, 0.25) is 5.91 Å². The van der Waals surface area contributed by atoms with Gasteiger partial charge in [-0.15, -0.1) is 22.7 Å². The number of anilines is 1. The van der Waals surface area contributed by atoms with Crippen molar-refractivity contribution in [2.75, 3.05) is 11.1 Å². The highest BCUT2D eigenvalue weighted by molar-refractivity contribution is 7.79. The fourth-order valence-corrected chi connectivity index (χ4v) is 22.2. The molecule has 2 aliphatic carbocycles. The molecule has 20 aromatic rings. The number of hydrogen-bond donors (Lipinski definition) is 11. The molecule has 11 N–H and O–H groups in total. The summed E-state index contributed by atoms with van der Waals surface area (Å²) < 4.78 is 108. The molecule has 21 nitrogen and oxygen atoms in total. The number of H-pyrrole nitrogens is 8. The number of fused-ring (bicyclic) bond motifs is 8. The van der Waals surface area contributed by atoms with Crippen LogP contribution in [-0.2, 0) is 64.5 Å². The SMILES string of the molecule is Cc1[nH]c(-c2cc(F)cc3[nH]ccc23)c(C(C)C)c1-c1cccc2c1C=C(C(=O)NCc1nccs1)C2.Cc1[nH]c(-c2cc(F)cc3[nH]ccc23)c(C(C)C)c1-c1cccc2c1C=C(C(=O)Nc1nccs1)C2.Cc1[nH]c(-c2cc(F)cc3[nH]ccc23)c(C(C)C)c1-c1cccc2c1ccn2CCS(=O)[O-].Cc1[nH]c(-c2cc(F)cc3[nH]ccc23)c(C(C)C)c1-c1cccc2c1ccn2CNS(=O)[O-]. The summed E-state index contributed by atoms with van der Waals surface area (Å²) >= 11 is -1.49. The van der Waals surface area contributed by atoms with Gasteiger partial charge in [-0.3, -0.25) is 23.3 Å². The second-order valence-corrected chi connectivity index (χ2v) is 40.2. The van der Waals surface area contributed by atoms with Gasteiger partial charge in [0.05, 0.1) is 36.0 Å². The molecular weight excluding hydrogens is 1830 g/mol. The zero-order valence-corrected chi connectivity index (χ0v) is 81.6. The van der Waals surface area contributed by atoms with Crippen molar-refractivity contribution >= 4 is 140 Å². The van der Waals surface area contributed by atoms with Gasteiger partial charge >= 0.3 is 0 Å². The lowest BCUT2D eigenvalue weighted by molar-refractivity contribution is -0.117. The van der Waals surface area contributed by atoms with Crippen LogP contribution < -0.4 is 15.4 Å². The summed E-state index contributed by atoms with van der Waals surface area (Å²) in [5.41, 5.74) is 35.3. The maximum atomic E-state index is 14.6. The van der Waals surface area contributed by atoms with Crippen molar-refractivity contribution < 1.29 is 44.7 Å². The smallest absolute Gasteiger partial charge is 0.253 e. The van der Waals surface area contributed by atoms with E-state index in [2.05, 4.69) is 184 Å². The van der Waals surface area contributed by atoms with Crippen LogP contribution in [0, 0.1) is 51.0 Å². The van der Waals surface area contributed by atoms with E-state index in [4.69, 9.17) is 0 Å². The van der Waals surface area contributed by atoms with Gasteiger partial charge in [-0.05, 0) is 227 Å². The molecule has 139 heavy (non-hydrogen) atoms. The number of halogens is 4. The van der Waals surface area contributed by atoms with Gasteiger partial charge in [-0.25, -0.2) is 32.3 Å². The van der Waals surface area contributed by atoms with Gasteiger partial charge in [-0.2, -0.15) is 0 Å². The molecule has 0 aliphatic heterocycles. The van der Waals surface area contributed by atoms with Crippen LogP contribution in [0.15, 0.2) is 229 Å². The van der Waals surface area contributed by atoms with E-state index in [-0.39, 0.29) is 71.2 Å². The van der Waals surface area contributed by atoms with Crippen molar-refractivity contribution in [2.24, 2.45) is 0 Å².